The Kier molecular flexibility index (Phi) is 6.27. The van der Waals surface area contributed by atoms with Gasteiger partial charge >= 0.3 is 0 Å². The quantitative estimate of drug-likeness (QED) is 0.712. The maximum Gasteiger partial charge on any atom is 0.255 e. The molecule has 3 heterocycles. The molecule has 6 nitrogen and oxygen atoms in total. The molecular formula is C27H32N4O2. The fraction of sp³-hybridized carbons (Fsp3) is 0.444. The molecule has 3 atom stereocenters. The van der Waals surface area contributed by atoms with Crippen LogP contribution in [0.3, 0.4) is 0 Å². The van der Waals surface area contributed by atoms with Crippen molar-refractivity contribution < 1.29 is 9.59 Å². The summed E-state index contributed by atoms with van der Waals surface area (Å²) < 4.78 is 0. The third kappa shape index (κ3) is 4.71. The number of allylic oxidation sites excluding steroid dienone is 1. The number of nitrogens with zero attached hydrogens (tertiary/aromatic N) is 2. The molecule has 1 unspecified atom stereocenters. The van der Waals surface area contributed by atoms with Crippen LogP contribution in [0.2, 0.25) is 0 Å². The van der Waals surface area contributed by atoms with E-state index in [-0.39, 0.29) is 11.8 Å². The summed E-state index contributed by atoms with van der Waals surface area (Å²) in [5, 5.41) is 6.56. The molecule has 6 heteroatoms. The minimum atomic E-state index is -0.405. The molecule has 2 aliphatic heterocycles. The molecule has 3 aliphatic rings. The molecule has 0 radical (unpaired) electrons. The molecule has 2 N–H and O–H groups in total. The number of carbonyl (C=O) groups is 2. The van der Waals surface area contributed by atoms with E-state index in [2.05, 4.69) is 40.4 Å². The van der Waals surface area contributed by atoms with Gasteiger partial charge in [0.25, 0.3) is 5.91 Å². The lowest BCUT2D eigenvalue weighted by atomic mass is 9.80. The highest BCUT2D eigenvalue weighted by Crippen LogP contribution is 2.32. The zero-order chi connectivity index (χ0) is 22.8. The SMILES string of the molecule is C=C1CCC(N2Cc3cc(C[C@H]4CCCC[C@@H]4NCc4ccccn4)ccc3C2=O)C(=O)N1. The molecule has 1 saturated carbocycles. The molecule has 1 aromatic heterocycles. The van der Waals surface area contributed by atoms with Gasteiger partial charge in [-0.15, -0.1) is 0 Å². The van der Waals surface area contributed by atoms with Crippen LogP contribution in [0.25, 0.3) is 0 Å². The number of amides is 2. The molecular weight excluding hydrogens is 412 g/mol. The first-order valence-electron chi connectivity index (χ1n) is 12.1. The van der Waals surface area contributed by atoms with E-state index in [9.17, 15) is 9.59 Å². The first-order chi connectivity index (χ1) is 16.1. The fourth-order valence-electron chi connectivity index (χ4n) is 5.60. The molecule has 2 amide bonds. The lowest BCUT2D eigenvalue weighted by molar-refractivity contribution is -0.126. The minimum absolute atomic E-state index is 0.0308. The molecule has 1 aromatic carbocycles. The summed E-state index contributed by atoms with van der Waals surface area (Å²) in [6.45, 7) is 5.15. The van der Waals surface area contributed by atoms with Gasteiger partial charge in [-0.05, 0) is 67.3 Å². The zero-order valence-electron chi connectivity index (χ0n) is 19.1. The van der Waals surface area contributed by atoms with Crippen molar-refractivity contribution in [2.24, 2.45) is 5.92 Å². The van der Waals surface area contributed by atoms with Gasteiger partial charge < -0.3 is 15.5 Å². The van der Waals surface area contributed by atoms with E-state index in [4.69, 9.17) is 0 Å². The number of aromatic nitrogens is 1. The Morgan fingerprint density at radius 1 is 1.12 bits per heavy atom. The van der Waals surface area contributed by atoms with Crippen LogP contribution in [0.5, 0.6) is 0 Å². The fourth-order valence-corrected chi connectivity index (χ4v) is 5.60. The first-order valence-corrected chi connectivity index (χ1v) is 12.1. The number of nitrogens with one attached hydrogen (secondary N) is 2. The van der Waals surface area contributed by atoms with Crippen LogP contribution < -0.4 is 10.6 Å². The van der Waals surface area contributed by atoms with Gasteiger partial charge in [0.15, 0.2) is 0 Å². The minimum Gasteiger partial charge on any atom is -0.329 e. The van der Waals surface area contributed by atoms with Crippen LogP contribution >= 0.6 is 0 Å². The Morgan fingerprint density at radius 2 is 2.00 bits per heavy atom. The Balaban J connectivity index is 1.25. The standard InChI is InChI=1S/C27H32N4O2/c1-18-9-12-25(26(32)30-18)31-17-21-15-19(10-11-23(21)27(31)33)14-20-6-2-3-8-24(20)29-16-22-7-4-5-13-28-22/h4-5,7,10-11,13,15,20,24-25,29H,1-3,6,8-9,12,14,16-17H2,(H,30,32)/t20-,24+,25?/m1/s1. The predicted octanol–water partition coefficient (Wildman–Crippen LogP) is 3.72. The molecule has 2 fully saturated rings. The van der Waals surface area contributed by atoms with Crippen LogP contribution in [0.4, 0.5) is 0 Å². The van der Waals surface area contributed by atoms with Crippen LogP contribution in [0, 0.1) is 5.92 Å². The topological polar surface area (TPSA) is 74.3 Å². The summed E-state index contributed by atoms with van der Waals surface area (Å²) >= 11 is 0. The maximum absolute atomic E-state index is 13.0. The Hall–Kier alpha value is -2.99. The highest BCUT2D eigenvalue weighted by molar-refractivity contribution is 6.01. The van der Waals surface area contributed by atoms with Crippen molar-refractivity contribution >= 4 is 11.8 Å². The number of rotatable bonds is 6. The third-order valence-electron chi connectivity index (χ3n) is 7.38. The first kappa shape index (κ1) is 21.8. The van der Waals surface area contributed by atoms with Gasteiger partial charge in [0.2, 0.25) is 5.91 Å². The van der Waals surface area contributed by atoms with E-state index in [1.807, 2.05) is 24.4 Å². The number of piperidine rings is 1. The van der Waals surface area contributed by atoms with Gasteiger partial charge in [0, 0.05) is 36.6 Å². The van der Waals surface area contributed by atoms with Crippen LogP contribution in [0.15, 0.2) is 54.9 Å². The molecule has 0 bridgehead atoms. The van der Waals surface area contributed by atoms with Crippen molar-refractivity contribution in [3.8, 4) is 0 Å². The highest BCUT2D eigenvalue weighted by atomic mass is 16.2. The molecule has 0 spiro atoms. The predicted molar refractivity (Wildman–Crippen MR) is 127 cm³/mol. The van der Waals surface area contributed by atoms with Crippen molar-refractivity contribution in [3.05, 3.63) is 77.3 Å². The Labute approximate surface area is 195 Å². The number of carbonyl (C=O) groups excluding carboxylic acids is 2. The van der Waals surface area contributed by atoms with Gasteiger partial charge in [0.05, 0.1) is 5.69 Å². The number of benzene rings is 1. The molecule has 33 heavy (non-hydrogen) atoms. The van der Waals surface area contributed by atoms with E-state index in [1.54, 1.807) is 4.90 Å². The van der Waals surface area contributed by atoms with E-state index < -0.39 is 6.04 Å². The second kappa shape index (κ2) is 9.48. The lowest BCUT2D eigenvalue weighted by Crippen LogP contribution is -2.49. The molecule has 2 aromatic rings. The van der Waals surface area contributed by atoms with Crippen molar-refractivity contribution in [3.63, 3.8) is 0 Å². The van der Waals surface area contributed by atoms with Crippen molar-refractivity contribution in [2.45, 2.75) is 70.1 Å². The van der Waals surface area contributed by atoms with Crippen LogP contribution in [-0.4, -0.2) is 33.8 Å². The number of hydrogen-bond acceptors (Lipinski definition) is 4. The number of pyridine rings is 1. The van der Waals surface area contributed by atoms with E-state index in [0.29, 0.717) is 24.9 Å². The Morgan fingerprint density at radius 3 is 2.82 bits per heavy atom. The number of fused-ring (bicyclic) bond motifs is 1. The van der Waals surface area contributed by atoms with Gasteiger partial charge in [-0.2, -0.15) is 0 Å². The van der Waals surface area contributed by atoms with Crippen molar-refractivity contribution in [2.75, 3.05) is 0 Å². The summed E-state index contributed by atoms with van der Waals surface area (Å²) in [7, 11) is 0. The second-order valence-electron chi connectivity index (χ2n) is 9.63. The van der Waals surface area contributed by atoms with E-state index in [0.717, 1.165) is 41.9 Å². The van der Waals surface area contributed by atoms with Crippen LogP contribution in [-0.2, 0) is 24.3 Å². The highest BCUT2D eigenvalue weighted by Gasteiger charge is 2.38. The third-order valence-corrected chi connectivity index (χ3v) is 7.38. The van der Waals surface area contributed by atoms with Gasteiger partial charge in [0.1, 0.15) is 6.04 Å². The average molecular weight is 445 g/mol. The van der Waals surface area contributed by atoms with Crippen molar-refractivity contribution in [1.29, 1.82) is 0 Å². The summed E-state index contributed by atoms with van der Waals surface area (Å²) in [5.74, 6) is 0.428. The van der Waals surface area contributed by atoms with E-state index in [1.165, 1.54) is 31.2 Å². The zero-order valence-corrected chi connectivity index (χ0v) is 19.1. The smallest absolute Gasteiger partial charge is 0.255 e. The largest absolute Gasteiger partial charge is 0.329 e. The summed E-state index contributed by atoms with van der Waals surface area (Å²) in [5.41, 5.74) is 4.88. The molecule has 5 rings (SSSR count). The van der Waals surface area contributed by atoms with Crippen molar-refractivity contribution in [1.82, 2.24) is 20.5 Å². The Bertz CT molecular complexity index is 1050. The molecule has 172 valence electrons. The molecule has 1 aliphatic carbocycles. The average Bonchev–Trinajstić information content (AvgIpc) is 3.14. The van der Waals surface area contributed by atoms with Gasteiger partial charge in [-0.25, -0.2) is 0 Å². The molecule has 1 saturated heterocycles. The van der Waals surface area contributed by atoms with Crippen LogP contribution in [0.1, 0.15) is 65.7 Å². The second-order valence-corrected chi connectivity index (χ2v) is 9.63. The summed E-state index contributed by atoms with van der Waals surface area (Å²) in [6, 6.07) is 12.4. The summed E-state index contributed by atoms with van der Waals surface area (Å²) in [4.78, 5) is 31.6. The lowest BCUT2D eigenvalue weighted by Gasteiger charge is -2.32. The maximum atomic E-state index is 13.0. The van der Waals surface area contributed by atoms with Gasteiger partial charge in [-0.3, -0.25) is 14.6 Å². The number of hydrogen-bond donors (Lipinski definition) is 2. The normalized spacial score (nSPS) is 25.2. The summed E-state index contributed by atoms with van der Waals surface area (Å²) in [6.07, 6.45) is 9.15. The van der Waals surface area contributed by atoms with E-state index >= 15 is 0 Å². The van der Waals surface area contributed by atoms with Gasteiger partial charge in [-0.1, -0.05) is 37.6 Å². The monoisotopic (exact) mass is 444 g/mol.